The molecule has 0 bridgehead atoms. The summed E-state index contributed by atoms with van der Waals surface area (Å²) in [5, 5.41) is 2.83. The quantitative estimate of drug-likeness (QED) is 0.873. The SMILES string of the molecule is CNCc1coc(-c2ccc(F)c(C(F)(F)F)c2)n1. The minimum absolute atomic E-state index is 0.0238. The average molecular weight is 274 g/mol. The molecule has 0 atom stereocenters. The molecule has 1 aromatic carbocycles. The Kier molecular flexibility index (Phi) is 3.57. The molecule has 0 radical (unpaired) electrons. The van der Waals surface area contributed by atoms with Crippen LogP contribution in [0, 0.1) is 5.82 Å². The van der Waals surface area contributed by atoms with Crippen LogP contribution in [0.4, 0.5) is 17.6 Å². The van der Waals surface area contributed by atoms with Gasteiger partial charge in [0.2, 0.25) is 5.89 Å². The second kappa shape index (κ2) is 5.00. The number of nitrogens with one attached hydrogen (secondary N) is 1. The Balaban J connectivity index is 2.39. The maximum absolute atomic E-state index is 13.1. The first-order valence-corrected chi connectivity index (χ1v) is 5.38. The van der Waals surface area contributed by atoms with Gasteiger partial charge in [-0.2, -0.15) is 13.2 Å². The lowest BCUT2D eigenvalue weighted by Crippen LogP contribution is -2.08. The van der Waals surface area contributed by atoms with E-state index in [0.717, 1.165) is 6.07 Å². The first kappa shape index (κ1) is 13.5. The molecule has 1 aromatic heterocycles. The number of halogens is 4. The Morgan fingerprint density at radius 2 is 2.05 bits per heavy atom. The van der Waals surface area contributed by atoms with Crippen molar-refractivity contribution in [1.82, 2.24) is 10.3 Å². The van der Waals surface area contributed by atoms with E-state index in [1.807, 2.05) is 0 Å². The van der Waals surface area contributed by atoms with E-state index in [4.69, 9.17) is 4.42 Å². The van der Waals surface area contributed by atoms with Crippen LogP contribution in [0.25, 0.3) is 11.5 Å². The van der Waals surface area contributed by atoms with Crippen LogP contribution < -0.4 is 5.32 Å². The molecule has 2 aromatic rings. The zero-order valence-electron chi connectivity index (χ0n) is 9.88. The molecule has 1 N–H and O–H groups in total. The van der Waals surface area contributed by atoms with Crippen molar-refractivity contribution >= 4 is 0 Å². The van der Waals surface area contributed by atoms with Crippen molar-refractivity contribution in [2.75, 3.05) is 7.05 Å². The van der Waals surface area contributed by atoms with Gasteiger partial charge < -0.3 is 9.73 Å². The Labute approximate surface area is 106 Å². The lowest BCUT2D eigenvalue weighted by Gasteiger charge is -2.08. The van der Waals surface area contributed by atoms with Gasteiger partial charge in [-0.25, -0.2) is 9.37 Å². The smallest absolute Gasteiger partial charge is 0.419 e. The molecule has 0 amide bonds. The van der Waals surface area contributed by atoms with Crippen LogP contribution in [0.3, 0.4) is 0 Å². The van der Waals surface area contributed by atoms with E-state index in [0.29, 0.717) is 18.3 Å². The van der Waals surface area contributed by atoms with Gasteiger partial charge in [0.1, 0.15) is 12.1 Å². The van der Waals surface area contributed by atoms with Crippen molar-refractivity contribution < 1.29 is 22.0 Å². The molecule has 19 heavy (non-hydrogen) atoms. The van der Waals surface area contributed by atoms with Gasteiger partial charge in [-0.05, 0) is 25.2 Å². The Hall–Kier alpha value is -1.89. The monoisotopic (exact) mass is 274 g/mol. The van der Waals surface area contributed by atoms with Gasteiger partial charge in [-0.15, -0.1) is 0 Å². The van der Waals surface area contributed by atoms with Crippen molar-refractivity contribution in [1.29, 1.82) is 0 Å². The fraction of sp³-hybridized carbons (Fsp3) is 0.250. The number of oxazole rings is 1. The summed E-state index contributed by atoms with van der Waals surface area (Å²) in [6.07, 6.45) is -3.41. The normalized spacial score (nSPS) is 11.8. The fourth-order valence-electron chi connectivity index (χ4n) is 1.58. The Bertz CT molecular complexity index is 577. The number of hydrogen-bond acceptors (Lipinski definition) is 3. The van der Waals surface area contributed by atoms with E-state index in [2.05, 4.69) is 10.3 Å². The number of aromatic nitrogens is 1. The zero-order chi connectivity index (χ0) is 14.0. The lowest BCUT2D eigenvalue weighted by atomic mass is 10.1. The van der Waals surface area contributed by atoms with Crippen molar-refractivity contribution in [3.63, 3.8) is 0 Å². The second-order valence-corrected chi connectivity index (χ2v) is 3.87. The van der Waals surface area contributed by atoms with Gasteiger partial charge >= 0.3 is 6.18 Å². The lowest BCUT2D eigenvalue weighted by molar-refractivity contribution is -0.139. The topological polar surface area (TPSA) is 38.1 Å². The second-order valence-electron chi connectivity index (χ2n) is 3.87. The van der Waals surface area contributed by atoms with Gasteiger partial charge in [0.25, 0.3) is 0 Å². The van der Waals surface area contributed by atoms with Gasteiger partial charge in [0.15, 0.2) is 0 Å². The molecule has 0 saturated carbocycles. The molecule has 0 aliphatic rings. The summed E-state index contributed by atoms with van der Waals surface area (Å²) >= 11 is 0. The van der Waals surface area contributed by atoms with Crippen LogP contribution in [0.1, 0.15) is 11.3 Å². The van der Waals surface area contributed by atoms with Crippen LogP contribution in [-0.2, 0) is 12.7 Å². The Morgan fingerprint density at radius 3 is 2.68 bits per heavy atom. The molecule has 0 spiro atoms. The summed E-state index contributed by atoms with van der Waals surface area (Å²) in [6, 6.07) is 2.63. The zero-order valence-corrected chi connectivity index (χ0v) is 9.88. The molecule has 2 rings (SSSR count). The van der Waals surface area contributed by atoms with Gasteiger partial charge in [0.05, 0.1) is 11.3 Å². The molecule has 0 aliphatic carbocycles. The van der Waals surface area contributed by atoms with Crippen molar-refractivity contribution in [3.05, 3.63) is 41.5 Å². The summed E-state index contributed by atoms with van der Waals surface area (Å²) in [5.74, 6) is -1.30. The fourth-order valence-corrected chi connectivity index (χ4v) is 1.58. The highest BCUT2D eigenvalue weighted by Gasteiger charge is 2.34. The molecule has 0 unspecified atom stereocenters. The molecule has 0 saturated heterocycles. The summed E-state index contributed by atoms with van der Waals surface area (Å²) in [7, 11) is 1.70. The van der Waals surface area contributed by atoms with Gasteiger partial charge in [-0.1, -0.05) is 0 Å². The summed E-state index contributed by atoms with van der Waals surface area (Å²) in [5.41, 5.74) is -0.704. The van der Waals surface area contributed by atoms with Crippen molar-refractivity contribution in [3.8, 4) is 11.5 Å². The molecule has 1 heterocycles. The number of nitrogens with zero attached hydrogens (tertiary/aromatic N) is 1. The van der Waals surface area contributed by atoms with Gasteiger partial charge in [-0.3, -0.25) is 0 Å². The third-order valence-corrected chi connectivity index (χ3v) is 2.43. The molecule has 0 fully saturated rings. The molecule has 102 valence electrons. The highest BCUT2D eigenvalue weighted by atomic mass is 19.4. The maximum Gasteiger partial charge on any atom is 0.419 e. The summed E-state index contributed by atoms with van der Waals surface area (Å²) < 4.78 is 55.9. The van der Waals surface area contributed by atoms with Crippen molar-refractivity contribution in [2.24, 2.45) is 0 Å². The molecule has 0 aliphatic heterocycles. The minimum atomic E-state index is -4.75. The first-order valence-electron chi connectivity index (χ1n) is 5.38. The summed E-state index contributed by atoms with van der Waals surface area (Å²) in [4.78, 5) is 4.00. The predicted octanol–water partition coefficient (Wildman–Crippen LogP) is 3.22. The Morgan fingerprint density at radius 1 is 1.32 bits per heavy atom. The van der Waals surface area contributed by atoms with E-state index < -0.39 is 17.6 Å². The number of benzene rings is 1. The average Bonchev–Trinajstić information content (AvgIpc) is 2.77. The molecule has 7 heteroatoms. The molecule has 3 nitrogen and oxygen atoms in total. The number of rotatable bonds is 3. The van der Waals surface area contributed by atoms with Crippen LogP contribution in [0.2, 0.25) is 0 Å². The maximum atomic E-state index is 13.1. The van der Waals surface area contributed by atoms with E-state index in [-0.39, 0.29) is 11.5 Å². The van der Waals surface area contributed by atoms with Crippen LogP contribution in [0.15, 0.2) is 28.9 Å². The largest absolute Gasteiger partial charge is 0.444 e. The molecular weight excluding hydrogens is 264 g/mol. The molecular formula is C12H10F4N2O. The number of alkyl halides is 3. The summed E-state index contributed by atoms with van der Waals surface area (Å²) in [6.45, 7) is 0.427. The van der Waals surface area contributed by atoms with E-state index >= 15 is 0 Å². The highest BCUT2D eigenvalue weighted by molar-refractivity contribution is 5.55. The van der Waals surface area contributed by atoms with Crippen LogP contribution in [0.5, 0.6) is 0 Å². The standard InChI is InChI=1S/C12H10F4N2O/c1-17-5-8-6-19-11(18-8)7-2-3-10(13)9(4-7)12(14,15)16/h2-4,6,17H,5H2,1H3. The van der Waals surface area contributed by atoms with Gasteiger partial charge in [0, 0.05) is 12.1 Å². The van der Waals surface area contributed by atoms with E-state index in [1.165, 1.54) is 12.3 Å². The van der Waals surface area contributed by atoms with Crippen molar-refractivity contribution in [2.45, 2.75) is 12.7 Å². The van der Waals surface area contributed by atoms with Crippen LogP contribution >= 0.6 is 0 Å². The minimum Gasteiger partial charge on any atom is -0.444 e. The third-order valence-electron chi connectivity index (χ3n) is 2.43. The highest BCUT2D eigenvalue weighted by Crippen LogP contribution is 2.34. The van der Waals surface area contributed by atoms with E-state index in [9.17, 15) is 17.6 Å². The number of hydrogen-bond donors (Lipinski definition) is 1. The van der Waals surface area contributed by atoms with E-state index in [1.54, 1.807) is 7.05 Å². The first-order chi connectivity index (χ1) is 8.91. The van der Waals surface area contributed by atoms with Crippen LogP contribution in [-0.4, -0.2) is 12.0 Å². The predicted molar refractivity (Wildman–Crippen MR) is 59.7 cm³/mol. The third kappa shape index (κ3) is 2.93.